The van der Waals surface area contributed by atoms with Crippen LogP contribution in [0, 0.1) is 11.3 Å². The summed E-state index contributed by atoms with van der Waals surface area (Å²) >= 11 is 7.03. The molecule has 3 aromatic carbocycles. The highest BCUT2D eigenvalue weighted by molar-refractivity contribution is 9.11. The number of halogens is 2. The highest BCUT2D eigenvalue weighted by Crippen LogP contribution is 2.36. The van der Waals surface area contributed by atoms with Crippen molar-refractivity contribution in [2.45, 2.75) is 13.2 Å². The van der Waals surface area contributed by atoms with Crippen molar-refractivity contribution < 1.29 is 9.53 Å². The highest BCUT2D eigenvalue weighted by atomic mass is 79.9. The van der Waals surface area contributed by atoms with Crippen LogP contribution in [0.2, 0.25) is 0 Å². The van der Waals surface area contributed by atoms with E-state index in [0.29, 0.717) is 24.5 Å². The monoisotopic (exact) mass is 524 g/mol. The van der Waals surface area contributed by atoms with E-state index in [1.807, 2.05) is 78.9 Å². The van der Waals surface area contributed by atoms with E-state index in [1.165, 1.54) is 0 Å². The van der Waals surface area contributed by atoms with Crippen molar-refractivity contribution in [2.24, 2.45) is 0 Å². The van der Waals surface area contributed by atoms with Crippen molar-refractivity contribution in [2.75, 3.05) is 0 Å². The number of nitrogens with zero attached hydrogens (tertiary/aromatic N) is 1. The third-order valence-electron chi connectivity index (χ3n) is 4.22. The van der Waals surface area contributed by atoms with E-state index in [-0.39, 0.29) is 5.57 Å². The Balaban J connectivity index is 1.71. The second-order valence-electron chi connectivity index (χ2n) is 6.43. The summed E-state index contributed by atoms with van der Waals surface area (Å²) in [6.07, 6.45) is 1.55. The lowest BCUT2D eigenvalue weighted by atomic mass is 10.1. The van der Waals surface area contributed by atoms with E-state index in [1.54, 1.807) is 6.08 Å². The average molecular weight is 526 g/mol. The molecule has 0 radical (unpaired) electrons. The summed E-state index contributed by atoms with van der Waals surface area (Å²) < 4.78 is 7.36. The highest BCUT2D eigenvalue weighted by Gasteiger charge is 2.12. The standard InChI is InChI=1S/C24H18Br2N2O2/c25-21-12-19(13-22(26)23(21)30-16-18-9-5-2-6-10-18)11-20(14-27)24(29)28-15-17-7-3-1-4-8-17/h1-13H,15-16H2,(H,28,29)/b20-11+. The molecule has 0 heterocycles. The minimum absolute atomic E-state index is 0.0303. The van der Waals surface area contributed by atoms with Gasteiger partial charge in [0.25, 0.3) is 5.91 Å². The number of hydrogen-bond donors (Lipinski definition) is 1. The van der Waals surface area contributed by atoms with Gasteiger partial charge in [0.2, 0.25) is 0 Å². The maximum atomic E-state index is 12.4. The Kier molecular flexibility index (Phi) is 7.83. The molecule has 0 unspecified atom stereocenters. The van der Waals surface area contributed by atoms with Crippen molar-refractivity contribution in [3.05, 3.63) is 104 Å². The predicted octanol–water partition coefficient (Wildman–Crippen LogP) is 6.01. The molecule has 0 aromatic heterocycles. The van der Waals surface area contributed by atoms with Gasteiger partial charge in [0.15, 0.2) is 0 Å². The van der Waals surface area contributed by atoms with Gasteiger partial charge in [-0.15, -0.1) is 0 Å². The molecular weight excluding hydrogens is 508 g/mol. The van der Waals surface area contributed by atoms with Gasteiger partial charge in [-0.2, -0.15) is 5.26 Å². The van der Waals surface area contributed by atoms with Crippen LogP contribution >= 0.6 is 31.9 Å². The van der Waals surface area contributed by atoms with Crippen LogP contribution in [0.25, 0.3) is 6.08 Å². The SMILES string of the molecule is N#C/C(=C\c1cc(Br)c(OCc2ccccc2)c(Br)c1)C(=O)NCc1ccccc1. The van der Waals surface area contributed by atoms with Crippen molar-refractivity contribution >= 4 is 43.8 Å². The summed E-state index contributed by atoms with van der Waals surface area (Å²) in [5.41, 5.74) is 2.76. The molecule has 0 fully saturated rings. The van der Waals surface area contributed by atoms with E-state index in [9.17, 15) is 10.1 Å². The molecule has 0 aliphatic heterocycles. The number of rotatable bonds is 7. The molecular formula is C24H18Br2N2O2. The summed E-state index contributed by atoms with van der Waals surface area (Å²) in [7, 11) is 0. The van der Waals surface area contributed by atoms with Gasteiger partial charge >= 0.3 is 0 Å². The maximum Gasteiger partial charge on any atom is 0.262 e. The van der Waals surface area contributed by atoms with Crippen molar-refractivity contribution in [3.63, 3.8) is 0 Å². The first-order valence-corrected chi connectivity index (χ1v) is 10.7. The van der Waals surface area contributed by atoms with Crippen LogP contribution in [0.4, 0.5) is 0 Å². The Morgan fingerprint density at radius 1 is 0.967 bits per heavy atom. The summed E-state index contributed by atoms with van der Waals surface area (Å²) in [4.78, 5) is 12.4. The third-order valence-corrected chi connectivity index (χ3v) is 5.40. The molecule has 3 rings (SSSR count). The van der Waals surface area contributed by atoms with Crippen LogP contribution in [0.15, 0.2) is 87.3 Å². The largest absolute Gasteiger partial charge is 0.487 e. The lowest BCUT2D eigenvalue weighted by Crippen LogP contribution is -2.23. The molecule has 0 saturated carbocycles. The van der Waals surface area contributed by atoms with Crippen LogP contribution in [0.1, 0.15) is 16.7 Å². The van der Waals surface area contributed by atoms with Gasteiger partial charge in [-0.1, -0.05) is 60.7 Å². The van der Waals surface area contributed by atoms with E-state index in [2.05, 4.69) is 37.2 Å². The normalized spacial score (nSPS) is 10.9. The molecule has 0 bridgehead atoms. The quantitative estimate of drug-likeness (QED) is 0.303. The second kappa shape index (κ2) is 10.8. The number of ether oxygens (including phenoxy) is 1. The third kappa shape index (κ3) is 6.06. The fourth-order valence-corrected chi connectivity index (χ4v) is 4.17. The minimum atomic E-state index is -0.419. The number of benzene rings is 3. The molecule has 1 N–H and O–H groups in total. The summed E-state index contributed by atoms with van der Waals surface area (Å²) in [6, 6.07) is 25.0. The van der Waals surface area contributed by atoms with Gasteiger partial charge in [0.1, 0.15) is 24.0 Å². The molecule has 0 atom stereocenters. The Hall–Kier alpha value is -2.88. The molecule has 1 amide bonds. The lowest BCUT2D eigenvalue weighted by Gasteiger charge is -2.12. The topological polar surface area (TPSA) is 62.1 Å². The smallest absolute Gasteiger partial charge is 0.262 e. The summed E-state index contributed by atoms with van der Waals surface area (Å²) in [6.45, 7) is 0.789. The van der Waals surface area contributed by atoms with E-state index >= 15 is 0 Å². The van der Waals surface area contributed by atoms with Crippen LogP contribution < -0.4 is 10.1 Å². The van der Waals surface area contributed by atoms with Crippen LogP contribution in [-0.4, -0.2) is 5.91 Å². The Bertz CT molecular complexity index is 1070. The summed E-state index contributed by atoms with van der Waals surface area (Å²) in [5.74, 6) is 0.237. The molecule has 30 heavy (non-hydrogen) atoms. The number of amides is 1. The van der Waals surface area contributed by atoms with Crippen molar-refractivity contribution in [1.29, 1.82) is 5.26 Å². The molecule has 0 aliphatic rings. The van der Waals surface area contributed by atoms with Gasteiger partial charge in [-0.05, 0) is 66.8 Å². The van der Waals surface area contributed by atoms with Crippen LogP contribution in [-0.2, 0) is 17.9 Å². The zero-order chi connectivity index (χ0) is 21.3. The maximum absolute atomic E-state index is 12.4. The number of carbonyl (C=O) groups is 1. The first-order chi connectivity index (χ1) is 14.6. The fraction of sp³-hybridized carbons (Fsp3) is 0.0833. The van der Waals surface area contributed by atoms with Gasteiger partial charge in [-0.25, -0.2) is 0 Å². The molecule has 0 spiro atoms. The van der Waals surface area contributed by atoms with Crippen molar-refractivity contribution in [1.82, 2.24) is 5.32 Å². The van der Waals surface area contributed by atoms with E-state index in [4.69, 9.17) is 4.74 Å². The van der Waals surface area contributed by atoms with Gasteiger partial charge in [0.05, 0.1) is 8.95 Å². The fourth-order valence-electron chi connectivity index (χ4n) is 2.72. The molecule has 0 saturated heterocycles. The predicted molar refractivity (Wildman–Crippen MR) is 124 cm³/mol. The van der Waals surface area contributed by atoms with Crippen LogP contribution in [0.5, 0.6) is 5.75 Å². The van der Waals surface area contributed by atoms with Gasteiger partial charge < -0.3 is 10.1 Å². The zero-order valence-corrected chi connectivity index (χ0v) is 19.1. The number of hydrogen-bond acceptors (Lipinski definition) is 3. The summed E-state index contributed by atoms with van der Waals surface area (Å²) in [5, 5.41) is 12.2. The molecule has 3 aromatic rings. The van der Waals surface area contributed by atoms with Crippen LogP contribution in [0.3, 0.4) is 0 Å². The molecule has 4 nitrogen and oxygen atoms in total. The number of nitrogens with one attached hydrogen (secondary N) is 1. The zero-order valence-electron chi connectivity index (χ0n) is 15.9. The first-order valence-electron chi connectivity index (χ1n) is 9.16. The average Bonchev–Trinajstić information content (AvgIpc) is 2.76. The van der Waals surface area contributed by atoms with Crippen molar-refractivity contribution in [3.8, 4) is 11.8 Å². The molecule has 6 heteroatoms. The molecule has 150 valence electrons. The number of nitriles is 1. The Morgan fingerprint density at radius 2 is 1.53 bits per heavy atom. The second-order valence-corrected chi connectivity index (χ2v) is 8.13. The lowest BCUT2D eigenvalue weighted by molar-refractivity contribution is -0.117. The number of carbonyl (C=O) groups excluding carboxylic acids is 1. The minimum Gasteiger partial charge on any atom is -0.487 e. The van der Waals surface area contributed by atoms with Gasteiger partial charge in [-0.3, -0.25) is 4.79 Å². The Labute approximate surface area is 192 Å². The van der Waals surface area contributed by atoms with E-state index < -0.39 is 5.91 Å². The first kappa shape index (κ1) is 21.8. The van der Waals surface area contributed by atoms with Gasteiger partial charge in [0, 0.05) is 6.54 Å². The Morgan fingerprint density at radius 3 is 2.10 bits per heavy atom. The molecule has 0 aliphatic carbocycles. The van der Waals surface area contributed by atoms with E-state index in [0.717, 1.165) is 20.1 Å².